The number of aromatic nitrogens is 1. The van der Waals surface area contributed by atoms with Crippen LogP contribution in [-0.2, 0) is 0 Å². The Labute approximate surface area is 108 Å². The minimum absolute atomic E-state index is 0.0320. The Kier molecular flexibility index (Phi) is 3.15. The van der Waals surface area contributed by atoms with Crippen LogP contribution in [0.1, 0.15) is 20.7 Å². The van der Waals surface area contributed by atoms with Crippen molar-refractivity contribution < 1.29 is 19.8 Å². The second kappa shape index (κ2) is 4.77. The van der Waals surface area contributed by atoms with E-state index in [0.717, 1.165) is 0 Å². The van der Waals surface area contributed by atoms with Crippen molar-refractivity contribution in [3.8, 4) is 11.3 Å². The third kappa shape index (κ3) is 2.52. The molecule has 0 fully saturated rings. The summed E-state index contributed by atoms with van der Waals surface area (Å²) >= 11 is 0. The summed E-state index contributed by atoms with van der Waals surface area (Å²) in [7, 11) is 0. The minimum Gasteiger partial charge on any atom is -0.478 e. The van der Waals surface area contributed by atoms with Gasteiger partial charge in [0.15, 0.2) is 0 Å². The molecule has 96 valence electrons. The van der Waals surface area contributed by atoms with Crippen molar-refractivity contribution in [3.05, 3.63) is 47.7 Å². The van der Waals surface area contributed by atoms with Crippen molar-refractivity contribution in [2.24, 2.45) is 0 Å². The minimum atomic E-state index is -1.10. The van der Waals surface area contributed by atoms with Gasteiger partial charge in [-0.2, -0.15) is 0 Å². The van der Waals surface area contributed by atoms with Crippen molar-refractivity contribution in [2.75, 3.05) is 5.73 Å². The molecule has 2 aromatic rings. The fourth-order valence-electron chi connectivity index (χ4n) is 1.64. The molecular weight excluding hydrogens is 248 g/mol. The van der Waals surface area contributed by atoms with Gasteiger partial charge >= 0.3 is 11.9 Å². The number of anilines is 1. The molecule has 0 unspecified atom stereocenters. The van der Waals surface area contributed by atoms with Crippen LogP contribution in [0.15, 0.2) is 36.5 Å². The lowest BCUT2D eigenvalue weighted by molar-refractivity contribution is 0.0685. The fraction of sp³-hybridized carbons (Fsp3) is 0. The van der Waals surface area contributed by atoms with E-state index < -0.39 is 11.9 Å². The van der Waals surface area contributed by atoms with Gasteiger partial charge in [-0.3, -0.25) is 4.98 Å². The first-order valence-electron chi connectivity index (χ1n) is 5.31. The third-order valence-electron chi connectivity index (χ3n) is 2.56. The number of hydrogen-bond donors (Lipinski definition) is 3. The zero-order valence-electron chi connectivity index (χ0n) is 9.70. The Balaban J connectivity index is 2.54. The van der Waals surface area contributed by atoms with Gasteiger partial charge in [-0.05, 0) is 30.3 Å². The number of carbonyl (C=O) groups is 2. The van der Waals surface area contributed by atoms with Gasteiger partial charge in [-0.1, -0.05) is 0 Å². The molecule has 0 aliphatic carbocycles. The Morgan fingerprint density at radius 1 is 1.05 bits per heavy atom. The van der Waals surface area contributed by atoms with E-state index in [-0.39, 0.29) is 11.1 Å². The molecule has 0 radical (unpaired) electrons. The first-order valence-corrected chi connectivity index (χ1v) is 5.31. The van der Waals surface area contributed by atoms with Gasteiger partial charge in [0.2, 0.25) is 0 Å². The molecule has 2 rings (SSSR count). The van der Waals surface area contributed by atoms with Crippen LogP contribution in [0.4, 0.5) is 5.69 Å². The van der Waals surface area contributed by atoms with Gasteiger partial charge < -0.3 is 15.9 Å². The summed E-state index contributed by atoms with van der Waals surface area (Å²) in [6.07, 6.45) is 1.17. The van der Waals surface area contributed by atoms with Crippen molar-refractivity contribution in [2.45, 2.75) is 0 Å². The summed E-state index contributed by atoms with van der Waals surface area (Å²) in [6.45, 7) is 0. The van der Waals surface area contributed by atoms with E-state index in [1.807, 2.05) is 0 Å². The van der Waals surface area contributed by atoms with Crippen LogP contribution in [0.5, 0.6) is 0 Å². The van der Waals surface area contributed by atoms with E-state index in [2.05, 4.69) is 4.98 Å². The molecule has 1 aromatic heterocycles. The number of carboxylic acids is 2. The maximum Gasteiger partial charge on any atom is 0.337 e. The number of nitrogen functional groups attached to an aromatic ring is 1. The highest BCUT2D eigenvalue weighted by Crippen LogP contribution is 2.24. The third-order valence-corrected chi connectivity index (χ3v) is 2.56. The molecule has 1 heterocycles. The molecule has 1 aromatic carbocycles. The van der Waals surface area contributed by atoms with Crippen LogP contribution in [0.25, 0.3) is 11.3 Å². The average Bonchev–Trinajstić information content (AvgIpc) is 2.38. The second-order valence-corrected chi connectivity index (χ2v) is 3.85. The van der Waals surface area contributed by atoms with Gasteiger partial charge in [-0.25, -0.2) is 9.59 Å². The van der Waals surface area contributed by atoms with Crippen LogP contribution >= 0.6 is 0 Å². The molecule has 4 N–H and O–H groups in total. The van der Waals surface area contributed by atoms with Crippen LogP contribution in [0.3, 0.4) is 0 Å². The average molecular weight is 258 g/mol. The Morgan fingerprint density at radius 2 is 1.79 bits per heavy atom. The number of pyridine rings is 1. The van der Waals surface area contributed by atoms with E-state index in [1.54, 1.807) is 0 Å². The highest BCUT2D eigenvalue weighted by Gasteiger charge is 2.13. The van der Waals surface area contributed by atoms with Crippen LogP contribution in [0, 0.1) is 0 Å². The molecule has 6 heteroatoms. The normalized spacial score (nSPS) is 10.1. The quantitative estimate of drug-likeness (QED) is 0.722. The molecule has 19 heavy (non-hydrogen) atoms. The summed E-state index contributed by atoms with van der Waals surface area (Å²) in [4.78, 5) is 25.8. The lowest BCUT2D eigenvalue weighted by Crippen LogP contribution is -2.02. The van der Waals surface area contributed by atoms with E-state index >= 15 is 0 Å². The number of hydrogen-bond acceptors (Lipinski definition) is 4. The topological polar surface area (TPSA) is 114 Å². The van der Waals surface area contributed by atoms with Crippen molar-refractivity contribution in [1.29, 1.82) is 0 Å². The Bertz CT molecular complexity index is 650. The van der Waals surface area contributed by atoms with Crippen molar-refractivity contribution in [1.82, 2.24) is 4.98 Å². The molecule has 0 aliphatic rings. The van der Waals surface area contributed by atoms with Crippen LogP contribution in [0.2, 0.25) is 0 Å². The maximum atomic E-state index is 11.1. The molecule has 6 nitrogen and oxygen atoms in total. The Morgan fingerprint density at radius 3 is 2.32 bits per heavy atom. The summed E-state index contributed by atoms with van der Waals surface area (Å²) in [5, 5.41) is 17.9. The maximum absolute atomic E-state index is 11.1. The summed E-state index contributed by atoms with van der Waals surface area (Å²) in [5.74, 6) is -2.19. The second-order valence-electron chi connectivity index (χ2n) is 3.85. The van der Waals surface area contributed by atoms with Gasteiger partial charge in [0, 0.05) is 17.4 Å². The first kappa shape index (κ1) is 12.6. The predicted octanol–water partition coefficient (Wildman–Crippen LogP) is 1.73. The first-order chi connectivity index (χ1) is 8.99. The molecule has 0 saturated carbocycles. The fourth-order valence-corrected chi connectivity index (χ4v) is 1.64. The number of aromatic carboxylic acids is 2. The van der Waals surface area contributed by atoms with E-state index in [9.17, 15) is 9.59 Å². The molecule has 0 spiro atoms. The van der Waals surface area contributed by atoms with Crippen LogP contribution < -0.4 is 5.73 Å². The lowest BCUT2D eigenvalue weighted by Gasteiger charge is -2.07. The van der Waals surface area contributed by atoms with Gasteiger partial charge in [0.1, 0.15) is 0 Å². The van der Waals surface area contributed by atoms with E-state index in [0.29, 0.717) is 16.9 Å². The smallest absolute Gasteiger partial charge is 0.337 e. The monoisotopic (exact) mass is 258 g/mol. The Hall–Kier alpha value is -2.89. The molecule has 0 aliphatic heterocycles. The van der Waals surface area contributed by atoms with Gasteiger partial charge in [0.05, 0.1) is 16.8 Å². The highest BCUT2D eigenvalue weighted by molar-refractivity contribution is 5.96. The largest absolute Gasteiger partial charge is 0.478 e. The number of rotatable bonds is 3. The summed E-state index contributed by atoms with van der Waals surface area (Å²) in [5.41, 5.74) is 6.83. The summed E-state index contributed by atoms with van der Waals surface area (Å²) in [6, 6.07) is 7.18. The lowest BCUT2D eigenvalue weighted by atomic mass is 10.0. The van der Waals surface area contributed by atoms with Gasteiger partial charge in [-0.15, -0.1) is 0 Å². The highest BCUT2D eigenvalue weighted by atomic mass is 16.4. The van der Waals surface area contributed by atoms with E-state index in [4.69, 9.17) is 15.9 Å². The molecular formula is C13H10N2O4. The standard InChI is InChI=1S/C13H10N2O4/c14-8-2-3-9(13(18)19)10(5-8)11-4-1-7(6-15-11)12(16)17/h1-6H,14H2,(H,16,17)(H,18,19). The van der Waals surface area contributed by atoms with E-state index in [1.165, 1.54) is 36.5 Å². The number of nitrogens with zero attached hydrogens (tertiary/aromatic N) is 1. The van der Waals surface area contributed by atoms with Crippen LogP contribution in [-0.4, -0.2) is 27.1 Å². The molecule has 0 saturated heterocycles. The van der Waals surface area contributed by atoms with Crippen molar-refractivity contribution >= 4 is 17.6 Å². The summed E-state index contributed by atoms with van der Waals surface area (Å²) < 4.78 is 0. The zero-order chi connectivity index (χ0) is 14.0. The number of benzene rings is 1. The van der Waals surface area contributed by atoms with Gasteiger partial charge in [0.25, 0.3) is 0 Å². The molecule has 0 bridgehead atoms. The zero-order valence-corrected chi connectivity index (χ0v) is 9.70. The molecule has 0 atom stereocenters. The predicted molar refractivity (Wildman–Crippen MR) is 68.0 cm³/mol. The number of nitrogens with two attached hydrogens (primary N) is 1. The van der Waals surface area contributed by atoms with Crippen molar-refractivity contribution in [3.63, 3.8) is 0 Å². The SMILES string of the molecule is Nc1ccc(C(=O)O)c(-c2ccc(C(=O)O)cn2)c1. The number of carboxylic acid groups (broad SMARTS) is 2. The molecule has 0 amide bonds.